The lowest BCUT2D eigenvalue weighted by Crippen LogP contribution is -2.27. The fraction of sp³-hybridized carbons (Fsp3) is 0.308. The number of hydrogen-bond donors (Lipinski definition) is 1. The van der Waals surface area contributed by atoms with Gasteiger partial charge in [-0.1, -0.05) is 11.6 Å². The SMILES string of the molecule is Cn1ncc2c(=O)n(CCNCc3ccc(Cl)s3)cnc21. The van der Waals surface area contributed by atoms with Gasteiger partial charge in [0, 0.05) is 31.6 Å². The molecule has 110 valence electrons. The molecule has 21 heavy (non-hydrogen) atoms. The van der Waals surface area contributed by atoms with Gasteiger partial charge in [-0.2, -0.15) is 5.10 Å². The van der Waals surface area contributed by atoms with Crippen molar-refractivity contribution in [3.8, 4) is 0 Å². The van der Waals surface area contributed by atoms with Gasteiger partial charge >= 0.3 is 0 Å². The lowest BCUT2D eigenvalue weighted by atomic mass is 10.4. The lowest BCUT2D eigenvalue weighted by Gasteiger charge is -2.06. The van der Waals surface area contributed by atoms with Crippen molar-refractivity contribution in [2.75, 3.05) is 6.54 Å². The molecule has 8 heteroatoms. The topological polar surface area (TPSA) is 64.7 Å². The minimum Gasteiger partial charge on any atom is -0.310 e. The Morgan fingerprint density at radius 3 is 3.05 bits per heavy atom. The maximum absolute atomic E-state index is 12.2. The number of halogens is 1. The Kier molecular flexibility index (Phi) is 4.05. The Hall–Kier alpha value is -1.70. The van der Waals surface area contributed by atoms with E-state index in [9.17, 15) is 4.79 Å². The van der Waals surface area contributed by atoms with Gasteiger partial charge in [0.15, 0.2) is 5.65 Å². The van der Waals surface area contributed by atoms with Gasteiger partial charge in [-0.15, -0.1) is 11.3 Å². The van der Waals surface area contributed by atoms with E-state index in [0.717, 1.165) is 10.9 Å². The van der Waals surface area contributed by atoms with Crippen LogP contribution in [0.15, 0.2) is 29.5 Å². The molecule has 1 N–H and O–H groups in total. The molecular formula is C13H14ClN5OS. The van der Waals surface area contributed by atoms with E-state index >= 15 is 0 Å². The van der Waals surface area contributed by atoms with Crippen molar-refractivity contribution in [1.82, 2.24) is 24.6 Å². The monoisotopic (exact) mass is 323 g/mol. The lowest BCUT2D eigenvalue weighted by molar-refractivity contribution is 0.584. The van der Waals surface area contributed by atoms with Crippen molar-refractivity contribution in [3.05, 3.63) is 44.2 Å². The van der Waals surface area contributed by atoms with Crippen molar-refractivity contribution in [2.24, 2.45) is 7.05 Å². The molecule has 0 saturated heterocycles. The fourth-order valence-corrected chi connectivity index (χ4v) is 3.14. The van der Waals surface area contributed by atoms with Crippen LogP contribution in [0, 0.1) is 0 Å². The summed E-state index contributed by atoms with van der Waals surface area (Å²) in [5.41, 5.74) is 0.548. The highest BCUT2D eigenvalue weighted by Crippen LogP contribution is 2.20. The van der Waals surface area contributed by atoms with E-state index in [1.54, 1.807) is 40.2 Å². The summed E-state index contributed by atoms with van der Waals surface area (Å²) in [6, 6.07) is 3.88. The van der Waals surface area contributed by atoms with Gasteiger partial charge in [-0.3, -0.25) is 14.0 Å². The normalized spacial score (nSPS) is 11.3. The zero-order valence-corrected chi connectivity index (χ0v) is 13.0. The molecule has 0 saturated carbocycles. The van der Waals surface area contributed by atoms with Crippen LogP contribution in [-0.4, -0.2) is 25.9 Å². The minimum absolute atomic E-state index is 0.0610. The van der Waals surface area contributed by atoms with E-state index < -0.39 is 0 Å². The first-order valence-electron chi connectivity index (χ1n) is 6.47. The van der Waals surface area contributed by atoms with Gasteiger partial charge in [0.2, 0.25) is 0 Å². The second-order valence-corrected chi connectivity index (χ2v) is 6.43. The molecule has 0 atom stereocenters. The molecule has 3 heterocycles. The largest absolute Gasteiger partial charge is 0.310 e. The molecule has 0 amide bonds. The van der Waals surface area contributed by atoms with E-state index in [2.05, 4.69) is 15.4 Å². The number of hydrogen-bond acceptors (Lipinski definition) is 5. The fourth-order valence-electron chi connectivity index (χ4n) is 2.08. The highest BCUT2D eigenvalue weighted by molar-refractivity contribution is 7.16. The highest BCUT2D eigenvalue weighted by atomic mass is 35.5. The summed E-state index contributed by atoms with van der Waals surface area (Å²) in [7, 11) is 1.77. The van der Waals surface area contributed by atoms with E-state index in [1.807, 2.05) is 12.1 Å². The molecule has 6 nitrogen and oxygen atoms in total. The summed E-state index contributed by atoms with van der Waals surface area (Å²) in [6.45, 7) is 1.99. The molecule has 0 aliphatic carbocycles. The van der Waals surface area contributed by atoms with Crippen LogP contribution >= 0.6 is 22.9 Å². The standard InChI is InChI=1S/C13H14ClN5OS/c1-18-12-10(7-17-18)13(20)19(8-16-12)5-4-15-6-9-2-3-11(14)21-9/h2-3,7-8,15H,4-6H2,1H3. The molecule has 0 unspecified atom stereocenters. The Labute approximate surface area is 130 Å². The molecule has 3 rings (SSSR count). The Morgan fingerprint density at radius 1 is 1.43 bits per heavy atom. The van der Waals surface area contributed by atoms with Gasteiger partial charge in [0.1, 0.15) is 11.7 Å². The molecule has 0 radical (unpaired) electrons. The summed E-state index contributed by atoms with van der Waals surface area (Å²) in [5.74, 6) is 0. The third-order valence-corrected chi connectivity index (χ3v) is 4.41. The van der Waals surface area contributed by atoms with Crippen molar-refractivity contribution >= 4 is 34.0 Å². The van der Waals surface area contributed by atoms with Crippen molar-refractivity contribution in [1.29, 1.82) is 0 Å². The van der Waals surface area contributed by atoms with Crippen LogP contribution < -0.4 is 10.9 Å². The number of aromatic nitrogens is 4. The summed E-state index contributed by atoms with van der Waals surface area (Å²) in [5, 5.41) is 7.88. The molecule has 0 spiro atoms. The van der Waals surface area contributed by atoms with E-state index in [0.29, 0.717) is 24.1 Å². The number of rotatable bonds is 5. The van der Waals surface area contributed by atoms with Gasteiger partial charge in [-0.25, -0.2) is 4.98 Å². The molecular weight excluding hydrogens is 310 g/mol. The van der Waals surface area contributed by atoms with E-state index in [-0.39, 0.29) is 5.56 Å². The first-order valence-corrected chi connectivity index (χ1v) is 7.66. The molecule has 0 fully saturated rings. The maximum Gasteiger partial charge on any atom is 0.264 e. The van der Waals surface area contributed by atoms with Crippen LogP contribution in [-0.2, 0) is 20.1 Å². The number of nitrogens with one attached hydrogen (secondary N) is 1. The van der Waals surface area contributed by atoms with Gasteiger partial charge < -0.3 is 5.32 Å². The zero-order valence-electron chi connectivity index (χ0n) is 11.4. The van der Waals surface area contributed by atoms with E-state index in [4.69, 9.17) is 11.6 Å². The molecule has 0 bridgehead atoms. The number of fused-ring (bicyclic) bond motifs is 1. The third-order valence-electron chi connectivity index (χ3n) is 3.18. The second kappa shape index (κ2) is 5.97. The first-order chi connectivity index (χ1) is 10.1. The Balaban J connectivity index is 1.63. The first kappa shape index (κ1) is 14.2. The third kappa shape index (κ3) is 2.99. The molecule has 0 aliphatic rings. The predicted octanol–water partition coefficient (Wildman–Crippen LogP) is 1.63. The number of nitrogens with zero attached hydrogens (tertiary/aromatic N) is 4. The van der Waals surface area contributed by atoms with Crippen molar-refractivity contribution in [3.63, 3.8) is 0 Å². The second-order valence-electron chi connectivity index (χ2n) is 4.63. The molecule has 0 aliphatic heterocycles. The van der Waals surface area contributed by atoms with Gasteiger partial charge in [0.05, 0.1) is 10.5 Å². The van der Waals surface area contributed by atoms with Gasteiger partial charge in [-0.05, 0) is 12.1 Å². The summed E-state index contributed by atoms with van der Waals surface area (Å²) < 4.78 is 3.98. The van der Waals surface area contributed by atoms with Crippen LogP contribution in [0.4, 0.5) is 0 Å². The van der Waals surface area contributed by atoms with E-state index in [1.165, 1.54) is 4.88 Å². The Morgan fingerprint density at radius 2 is 2.29 bits per heavy atom. The smallest absolute Gasteiger partial charge is 0.264 e. The quantitative estimate of drug-likeness (QED) is 0.725. The van der Waals surface area contributed by atoms with Crippen LogP contribution in [0.25, 0.3) is 11.0 Å². The van der Waals surface area contributed by atoms with Crippen molar-refractivity contribution < 1.29 is 0 Å². The van der Waals surface area contributed by atoms with Crippen molar-refractivity contribution in [2.45, 2.75) is 13.1 Å². The zero-order chi connectivity index (χ0) is 14.8. The average molecular weight is 324 g/mol. The highest BCUT2D eigenvalue weighted by Gasteiger charge is 2.07. The molecule has 3 aromatic heterocycles. The average Bonchev–Trinajstić information content (AvgIpc) is 3.04. The van der Waals surface area contributed by atoms with Crippen LogP contribution in [0.1, 0.15) is 4.88 Å². The maximum atomic E-state index is 12.2. The van der Waals surface area contributed by atoms with Crippen LogP contribution in [0.3, 0.4) is 0 Å². The van der Waals surface area contributed by atoms with Gasteiger partial charge in [0.25, 0.3) is 5.56 Å². The number of thiophene rings is 1. The molecule has 3 aromatic rings. The van der Waals surface area contributed by atoms with Crippen LogP contribution in [0.2, 0.25) is 4.34 Å². The number of aryl methyl sites for hydroxylation is 1. The summed E-state index contributed by atoms with van der Waals surface area (Å²) in [4.78, 5) is 17.7. The molecule has 0 aromatic carbocycles. The van der Waals surface area contributed by atoms with Crippen LogP contribution in [0.5, 0.6) is 0 Å². The summed E-state index contributed by atoms with van der Waals surface area (Å²) >= 11 is 7.43. The minimum atomic E-state index is -0.0610. The summed E-state index contributed by atoms with van der Waals surface area (Å²) in [6.07, 6.45) is 3.12. The predicted molar refractivity (Wildman–Crippen MR) is 83.8 cm³/mol. The Bertz CT molecular complexity index is 821.